The first-order valence-electron chi connectivity index (χ1n) is 14.2. The van der Waals surface area contributed by atoms with Crippen LogP contribution in [0.15, 0.2) is 0 Å². The topological polar surface area (TPSA) is 86.2 Å². The molecule has 0 aliphatic heterocycles. The summed E-state index contributed by atoms with van der Waals surface area (Å²) < 4.78 is 0. The molecule has 0 heterocycles. The Kier molecular flexibility index (Phi) is 25.3. The van der Waals surface area contributed by atoms with E-state index in [0.717, 1.165) is 25.7 Å². The molecular formula is C28H56N2O2. The van der Waals surface area contributed by atoms with Crippen molar-refractivity contribution >= 4 is 11.8 Å². The Hall–Kier alpha value is -1.06. The van der Waals surface area contributed by atoms with Crippen LogP contribution in [0.4, 0.5) is 0 Å². The number of carbonyl (C=O) groups is 2. The minimum atomic E-state index is -0.158. The van der Waals surface area contributed by atoms with Gasteiger partial charge in [0.2, 0.25) is 11.8 Å². The Morgan fingerprint density at radius 3 is 0.531 bits per heavy atom. The lowest BCUT2D eigenvalue weighted by Crippen LogP contribution is -2.09. The van der Waals surface area contributed by atoms with Gasteiger partial charge in [-0.05, 0) is 12.8 Å². The van der Waals surface area contributed by atoms with Crippen molar-refractivity contribution in [2.45, 2.75) is 167 Å². The van der Waals surface area contributed by atoms with Gasteiger partial charge in [0.1, 0.15) is 0 Å². The van der Waals surface area contributed by atoms with Crippen LogP contribution in [0.2, 0.25) is 0 Å². The van der Waals surface area contributed by atoms with Gasteiger partial charge < -0.3 is 11.5 Å². The van der Waals surface area contributed by atoms with Crippen molar-refractivity contribution in [2.75, 3.05) is 0 Å². The number of rotatable bonds is 27. The molecule has 4 N–H and O–H groups in total. The summed E-state index contributed by atoms with van der Waals surface area (Å²) in [6.45, 7) is 0. The molecule has 2 amide bonds. The van der Waals surface area contributed by atoms with Gasteiger partial charge in [-0.1, -0.05) is 141 Å². The van der Waals surface area contributed by atoms with Crippen LogP contribution in [-0.4, -0.2) is 11.8 Å². The molecule has 0 spiro atoms. The van der Waals surface area contributed by atoms with Gasteiger partial charge in [0.05, 0.1) is 0 Å². The number of unbranched alkanes of at least 4 members (excludes halogenated alkanes) is 23. The van der Waals surface area contributed by atoms with E-state index in [4.69, 9.17) is 11.5 Å². The fourth-order valence-electron chi connectivity index (χ4n) is 4.49. The maximum absolute atomic E-state index is 10.7. The van der Waals surface area contributed by atoms with Gasteiger partial charge >= 0.3 is 0 Å². The van der Waals surface area contributed by atoms with Gasteiger partial charge in [-0.3, -0.25) is 9.59 Å². The zero-order valence-electron chi connectivity index (χ0n) is 21.4. The first kappa shape index (κ1) is 30.9. The molecule has 32 heavy (non-hydrogen) atoms. The van der Waals surface area contributed by atoms with E-state index in [1.807, 2.05) is 0 Å². The first-order chi connectivity index (χ1) is 15.6. The smallest absolute Gasteiger partial charge is 0.217 e. The molecule has 0 rings (SSSR count). The Bertz CT molecular complexity index is 374. The Balaban J connectivity index is 3.02. The first-order valence-corrected chi connectivity index (χ1v) is 14.2. The molecule has 190 valence electrons. The molecule has 0 unspecified atom stereocenters. The van der Waals surface area contributed by atoms with Crippen LogP contribution in [0.25, 0.3) is 0 Å². The lowest BCUT2D eigenvalue weighted by atomic mass is 10.0. The van der Waals surface area contributed by atoms with Crippen LogP contribution in [0.1, 0.15) is 167 Å². The Morgan fingerprint density at radius 2 is 0.406 bits per heavy atom. The van der Waals surface area contributed by atoms with Crippen molar-refractivity contribution in [2.24, 2.45) is 11.5 Å². The highest BCUT2D eigenvalue weighted by Crippen LogP contribution is 2.15. The molecular weight excluding hydrogens is 396 g/mol. The second-order valence-corrected chi connectivity index (χ2v) is 9.92. The maximum Gasteiger partial charge on any atom is 0.217 e. The molecule has 0 aromatic carbocycles. The Labute approximate surface area is 200 Å². The summed E-state index contributed by atoms with van der Waals surface area (Å²) in [5, 5.41) is 0. The van der Waals surface area contributed by atoms with Gasteiger partial charge in [0.25, 0.3) is 0 Å². The highest BCUT2D eigenvalue weighted by atomic mass is 16.1. The van der Waals surface area contributed by atoms with Crippen molar-refractivity contribution in [3.05, 3.63) is 0 Å². The van der Waals surface area contributed by atoms with Gasteiger partial charge in [0.15, 0.2) is 0 Å². The third-order valence-corrected chi connectivity index (χ3v) is 6.60. The minimum Gasteiger partial charge on any atom is -0.370 e. The molecule has 0 fully saturated rings. The zero-order chi connectivity index (χ0) is 23.5. The number of hydrogen-bond acceptors (Lipinski definition) is 2. The van der Waals surface area contributed by atoms with Crippen molar-refractivity contribution in [3.63, 3.8) is 0 Å². The lowest BCUT2D eigenvalue weighted by Gasteiger charge is -2.04. The van der Waals surface area contributed by atoms with E-state index in [0.29, 0.717) is 12.8 Å². The number of hydrogen-bond donors (Lipinski definition) is 2. The van der Waals surface area contributed by atoms with Crippen LogP contribution >= 0.6 is 0 Å². The van der Waals surface area contributed by atoms with E-state index in [-0.39, 0.29) is 11.8 Å². The second kappa shape index (κ2) is 26.2. The summed E-state index contributed by atoms with van der Waals surface area (Å²) in [4.78, 5) is 21.3. The maximum atomic E-state index is 10.7. The van der Waals surface area contributed by atoms with E-state index < -0.39 is 0 Å². The van der Waals surface area contributed by atoms with Gasteiger partial charge in [-0.25, -0.2) is 0 Å². The quantitative estimate of drug-likeness (QED) is 0.123. The van der Waals surface area contributed by atoms with E-state index in [2.05, 4.69) is 0 Å². The van der Waals surface area contributed by atoms with E-state index in [1.54, 1.807) is 0 Å². The Morgan fingerprint density at radius 1 is 0.281 bits per heavy atom. The fraction of sp³-hybridized carbons (Fsp3) is 0.929. The van der Waals surface area contributed by atoms with E-state index in [1.165, 1.54) is 128 Å². The highest BCUT2D eigenvalue weighted by molar-refractivity contribution is 5.73. The van der Waals surface area contributed by atoms with Gasteiger partial charge in [0, 0.05) is 12.8 Å². The van der Waals surface area contributed by atoms with Crippen molar-refractivity contribution < 1.29 is 9.59 Å². The summed E-state index contributed by atoms with van der Waals surface area (Å²) in [5.74, 6) is -0.315. The molecule has 0 radical (unpaired) electrons. The minimum absolute atomic E-state index is 0.158. The normalized spacial score (nSPS) is 11.1. The SMILES string of the molecule is NC(=O)CCCCCCCCCCCCCCCCCCCCCCCCCCC(N)=O. The third kappa shape index (κ3) is 28.9. The number of nitrogens with two attached hydrogens (primary N) is 2. The monoisotopic (exact) mass is 452 g/mol. The van der Waals surface area contributed by atoms with Crippen molar-refractivity contribution in [3.8, 4) is 0 Å². The fourth-order valence-corrected chi connectivity index (χ4v) is 4.49. The van der Waals surface area contributed by atoms with E-state index >= 15 is 0 Å². The highest BCUT2D eigenvalue weighted by Gasteiger charge is 1.98. The molecule has 4 heteroatoms. The second-order valence-electron chi connectivity index (χ2n) is 9.92. The van der Waals surface area contributed by atoms with Crippen LogP contribution in [0, 0.1) is 0 Å². The summed E-state index contributed by atoms with van der Waals surface area (Å²) in [6.07, 6.45) is 33.0. The summed E-state index contributed by atoms with van der Waals surface area (Å²) in [7, 11) is 0. The molecule has 0 aromatic rings. The summed E-state index contributed by atoms with van der Waals surface area (Å²) in [5.41, 5.74) is 10.3. The molecule has 4 nitrogen and oxygen atoms in total. The molecule has 0 atom stereocenters. The van der Waals surface area contributed by atoms with Crippen LogP contribution in [0.3, 0.4) is 0 Å². The van der Waals surface area contributed by atoms with Crippen molar-refractivity contribution in [1.82, 2.24) is 0 Å². The largest absolute Gasteiger partial charge is 0.370 e. The zero-order valence-corrected chi connectivity index (χ0v) is 21.4. The van der Waals surface area contributed by atoms with Gasteiger partial charge in [-0.2, -0.15) is 0 Å². The predicted molar refractivity (Wildman–Crippen MR) is 138 cm³/mol. The molecule has 0 bridgehead atoms. The van der Waals surface area contributed by atoms with Crippen LogP contribution in [-0.2, 0) is 9.59 Å². The van der Waals surface area contributed by atoms with Gasteiger partial charge in [-0.15, -0.1) is 0 Å². The number of amides is 2. The molecule has 0 aliphatic rings. The van der Waals surface area contributed by atoms with Crippen molar-refractivity contribution in [1.29, 1.82) is 0 Å². The predicted octanol–water partition coefficient (Wildman–Crippen LogP) is 8.10. The summed E-state index contributed by atoms with van der Waals surface area (Å²) in [6, 6.07) is 0. The van der Waals surface area contributed by atoms with Crippen LogP contribution < -0.4 is 11.5 Å². The lowest BCUT2D eigenvalue weighted by molar-refractivity contribution is -0.119. The molecule has 0 aromatic heterocycles. The number of primary amides is 2. The molecule has 0 aliphatic carbocycles. The standard InChI is InChI=1S/C28H56N2O2/c29-27(31)25-23-21-19-17-15-13-11-9-7-5-3-1-2-4-6-8-10-12-14-16-18-20-22-24-26-28(30)32/h1-26H2,(H2,29,31)(H2,30,32). The molecule has 0 saturated heterocycles. The average molecular weight is 453 g/mol. The number of carbonyl (C=O) groups excluding carboxylic acids is 2. The summed E-state index contributed by atoms with van der Waals surface area (Å²) >= 11 is 0. The van der Waals surface area contributed by atoms with E-state index in [9.17, 15) is 9.59 Å². The average Bonchev–Trinajstić information content (AvgIpc) is 2.75. The third-order valence-electron chi connectivity index (χ3n) is 6.60. The molecule has 0 saturated carbocycles. The van der Waals surface area contributed by atoms with Crippen LogP contribution in [0.5, 0.6) is 0 Å².